The lowest BCUT2D eigenvalue weighted by Crippen LogP contribution is -2.37. The van der Waals surface area contributed by atoms with E-state index in [0.29, 0.717) is 49.0 Å². The van der Waals surface area contributed by atoms with Crippen LogP contribution in [0.25, 0.3) is 11.3 Å². The number of aromatic carboxylic acids is 4. The Bertz CT molecular complexity index is 3920. The number of hydrazine groups is 2. The average Bonchev–Trinajstić information content (AvgIpc) is 1.68. The average molecular weight is 1620 g/mol. The number of hydrazone groups is 3. The number of nitrogens with two attached hydrogens (primary N) is 7. The Morgan fingerprint density at radius 3 is 1.09 bits per heavy atom. The molecule has 0 unspecified atom stereocenters. The van der Waals surface area contributed by atoms with Crippen LogP contribution in [0, 0.1) is 0 Å². The molecule has 0 fully saturated rings. The fourth-order valence-corrected chi connectivity index (χ4v) is 7.40. The van der Waals surface area contributed by atoms with Gasteiger partial charge in [0.25, 0.3) is 0 Å². The predicted octanol–water partition coefficient (Wildman–Crippen LogP) is 9.19. The van der Waals surface area contributed by atoms with Crippen LogP contribution in [-0.4, -0.2) is 185 Å². The Morgan fingerprint density at radius 1 is 0.535 bits per heavy atom. The Hall–Kier alpha value is -9.45. The van der Waals surface area contributed by atoms with Crippen molar-refractivity contribution in [1.82, 2.24) is 25.0 Å². The van der Waals surface area contributed by atoms with Crippen molar-refractivity contribution in [2.24, 2.45) is 55.7 Å². The standard InChI is InChI=1S/C18H14ClN3O2S.2C10H11N3O2S.C8H6BrClO.C8H6O3.2C2H7N3S.C2H7N.2CH4.H2O4S/c1-22(20-10-12-6-2-3-7-13(12)17(23)24)18-21-16(11-25-18)14-8-4-5-9-15(14)19;2*1-13(10(11)16)12-6-7-4-2-3-5-8(7)9(14)15;9-5-8(11)6-3-1-2-4-7(6)10;9-5-6-3-1-2-4-7(6)8(10)11;2*1-5(4)2(3)6;1-2-3;;;1-5(2,3)4/h2-11H,1H3,(H,23,24);2*2-6H,1H3,(H2,11,16)(H,14,15);1-4H,5H2;1-5H,(H,10,11);2*4H2,1H3,(H2,3,6);2-3H2,1H3;2*1H4;(H2,1,2,3,4)/b20-10+;2*12-6+;;;;;;;;. The number of aldehydes is 1. The smallest absolute Gasteiger partial charge is 0.394 e. The van der Waals surface area contributed by atoms with Crippen LogP contribution >= 0.6 is 99.3 Å². The molecule has 39 heteroatoms. The topological polar surface area (TPSA) is 506 Å². The molecule has 0 aliphatic carbocycles. The minimum absolute atomic E-state index is 0. The van der Waals surface area contributed by atoms with E-state index in [2.05, 4.69) is 60.7 Å². The lowest BCUT2D eigenvalue weighted by molar-refractivity contribution is 0.0684. The number of carboxylic acids is 4. The number of alkyl halides is 1. The Morgan fingerprint density at radius 2 is 0.812 bits per heavy atom. The molecule has 6 aromatic carbocycles. The van der Waals surface area contributed by atoms with Crippen LogP contribution in [0.2, 0.25) is 10.0 Å². The number of nitrogens with zero attached hydrogens (tertiary/aromatic N) is 9. The van der Waals surface area contributed by atoms with E-state index in [0.717, 1.165) is 17.8 Å². The van der Waals surface area contributed by atoms with Crippen molar-refractivity contribution in [3.63, 3.8) is 0 Å². The number of ketones is 1. The zero-order valence-corrected chi connectivity index (χ0v) is 61.3. The molecule has 7 aromatic rings. The second kappa shape index (κ2) is 53.5. The van der Waals surface area contributed by atoms with E-state index in [-0.39, 0.29) is 68.9 Å². The number of carbonyl (C=O) groups excluding carboxylic acids is 2. The van der Waals surface area contributed by atoms with E-state index in [4.69, 9.17) is 121 Å². The number of thiazole rings is 1. The summed E-state index contributed by atoms with van der Waals surface area (Å²) in [5, 5.41) is 58.9. The molecule has 0 saturated carbocycles. The van der Waals surface area contributed by atoms with Crippen molar-refractivity contribution >= 4 is 190 Å². The van der Waals surface area contributed by atoms with Crippen molar-refractivity contribution < 1.29 is 66.7 Å². The van der Waals surface area contributed by atoms with E-state index in [1.165, 1.54) is 74.3 Å². The van der Waals surface area contributed by atoms with E-state index in [9.17, 15) is 33.9 Å². The van der Waals surface area contributed by atoms with Gasteiger partial charge in [0.2, 0.25) is 5.13 Å². The van der Waals surface area contributed by atoms with E-state index >= 15 is 0 Å². The summed E-state index contributed by atoms with van der Waals surface area (Å²) in [6, 6.07) is 40.4. The van der Waals surface area contributed by atoms with Crippen LogP contribution in [0.4, 0.5) is 5.13 Å². The van der Waals surface area contributed by atoms with E-state index < -0.39 is 34.3 Å². The van der Waals surface area contributed by atoms with Crippen molar-refractivity contribution in [2.45, 2.75) is 21.8 Å². The van der Waals surface area contributed by atoms with Crippen LogP contribution in [-0.2, 0) is 10.4 Å². The first-order valence-electron chi connectivity index (χ1n) is 27.0. The van der Waals surface area contributed by atoms with Gasteiger partial charge in [0.1, 0.15) is 0 Å². The van der Waals surface area contributed by atoms with Crippen molar-refractivity contribution in [3.05, 3.63) is 211 Å². The molecule has 1 heterocycles. The first kappa shape index (κ1) is 97.9. The molecule has 0 atom stereocenters. The maximum Gasteiger partial charge on any atom is 0.394 e. The third-order valence-electron chi connectivity index (χ3n) is 10.5. The quantitative estimate of drug-likeness (QED) is 0.00664. The number of anilines is 1. The highest BCUT2D eigenvalue weighted by atomic mass is 79.9. The first-order chi connectivity index (χ1) is 46.3. The van der Waals surface area contributed by atoms with E-state index in [1.54, 1.807) is 137 Å². The fourth-order valence-electron chi connectivity index (χ4n) is 5.78. The minimum atomic E-state index is -4.67. The summed E-state index contributed by atoms with van der Waals surface area (Å²) in [4.78, 5) is 69.3. The summed E-state index contributed by atoms with van der Waals surface area (Å²) in [6.45, 7) is 2.65. The molecule has 548 valence electrons. The molecular formula is C62H79BrCl2N16O14S6. The molecule has 20 N–H and O–H groups in total. The van der Waals surface area contributed by atoms with Crippen LogP contribution < -0.4 is 45.4 Å². The second-order valence-electron chi connectivity index (χ2n) is 18.0. The Labute approximate surface area is 628 Å². The van der Waals surface area contributed by atoms with Gasteiger partial charge in [-0.15, -0.1) is 11.3 Å². The van der Waals surface area contributed by atoms with Gasteiger partial charge in [-0.25, -0.2) is 50.9 Å². The van der Waals surface area contributed by atoms with Crippen LogP contribution in [0.15, 0.2) is 166 Å². The maximum absolute atomic E-state index is 11.2. The number of halogens is 3. The lowest BCUT2D eigenvalue weighted by Gasteiger charge is -2.09. The van der Waals surface area contributed by atoms with Gasteiger partial charge in [0.05, 0.1) is 56.9 Å². The Balaban J connectivity index is -0.000000555. The maximum atomic E-state index is 11.2. The van der Waals surface area contributed by atoms with Gasteiger partial charge in [-0.3, -0.25) is 28.7 Å². The summed E-state index contributed by atoms with van der Waals surface area (Å²) in [6.07, 6.45) is 4.86. The third-order valence-corrected chi connectivity index (χ3v) is 13.7. The number of benzene rings is 6. The summed E-state index contributed by atoms with van der Waals surface area (Å²) < 4.78 is 31.6. The predicted molar refractivity (Wildman–Crippen MR) is 421 cm³/mol. The zero-order chi connectivity index (χ0) is 76.1. The summed E-state index contributed by atoms with van der Waals surface area (Å²) >= 11 is 34.6. The first-order valence-corrected chi connectivity index (χ1v) is 32.8. The molecule has 101 heavy (non-hydrogen) atoms. The van der Waals surface area contributed by atoms with E-state index in [1.807, 2.05) is 36.6 Å². The molecule has 0 bridgehead atoms. The number of thiocarbonyl (C=S) groups is 4. The molecule has 0 aliphatic heterocycles. The summed E-state index contributed by atoms with van der Waals surface area (Å²) in [5.74, 6) is 5.95. The minimum Gasteiger partial charge on any atom is -0.478 e. The van der Waals surface area contributed by atoms with Crippen LogP contribution in [0.1, 0.15) is 101 Å². The monoisotopic (exact) mass is 1610 g/mol. The van der Waals surface area contributed by atoms with Crippen LogP contribution in [0.3, 0.4) is 0 Å². The highest BCUT2D eigenvalue weighted by molar-refractivity contribution is 9.09. The van der Waals surface area contributed by atoms with Gasteiger partial charge in [-0.05, 0) is 97.9 Å². The normalized spacial score (nSPS) is 9.68. The van der Waals surface area contributed by atoms with Gasteiger partial charge in [0, 0.05) is 79.0 Å². The number of aromatic nitrogens is 1. The summed E-state index contributed by atoms with van der Waals surface area (Å²) in [7, 11) is 3.43. The SMILES string of the molecule is C.C.CCN.CN(/N=C/c1ccccc1C(=O)O)C(N)=S.CN(/N=C/c1ccccc1C(=O)O)C(N)=S.CN(/N=C/c1ccccc1C(=O)O)c1nc(-c2ccccc2Cl)cs1.CN(N)C(N)=S.CN(N)C(N)=S.O=C(CBr)c1ccccc1Cl.O=Cc1ccccc1C(=O)O.O=S(=O)(O)O. The van der Waals surface area contributed by atoms with Gasteiger partial charge >= 0.3 is 34.3 Å². The molecule has 0 aliphatic rings. The number of hydrogen-bond donors (Lipinski definition) is 13. The van der Waals surface area contributed by atoms with Crippen molar-refractivity contribution in [1.29, 1.82) is 0 Å². The molecule has 1 aromatic heterocycles. The van der Waals surface area contributed by atoms with Crippen molar-refractivity contribution in [2.75, 3.05) is 52.1 Å². The second-order valence-corrected chi connectivity index (χ2v) is 22.7. The zero-order valence-electron chi connectivity index (χ0n) is 53.3. The molecule has 0 saturated heterocycles. The van der Waals surface area contributed by atoms with Gasteiger partial charge in [0.15, 0.2) is 32.5 Å². The number of rotatable bonds is 15. The fraction of sp³-hybridized carbons (Fsp3) is 0.161. The molecule has 0 radical (unpaired) electrons. The molecule has 30 nitrogen and oxygen atoms in total. The highest BCUT2D eigenvalue weighted by Crippen LogP contribution is 2.31. The lowest BCUT2D eigenvalue weighted by atomic mass is 10.1. The molecule has 0 spiro atoms. The molecule has 7 rings (SSSR count). The number of Topliss-reactive ketones (excluding diaryl/α,β-unsaturated/α-hetero) is 1. The Kier molecular flexibility index (Phi) is 51.8. The number of carboxylic acid groups (broad SMARTS) is 4. The number of carbonyl (C=O) groups is 6. The van der Waals surface area contributed by atoms with Gasteiger partial charge in [-0.2, -0.15) is 23.7 Å². The third kappa shape index (κ3) is 43.0. The molecule has 0 amide bonds. The highest BCUT2D eigenvalue weighted by Gasteiger charge is 2.13. The van der Waals surface area contributed by atoms with Gasteiger partial charge < -0.3 is 49.1 Å². The van der Waals surface area contributed by atoms with Crippen LogP contribution in [0.5, 0.6) is 0 Å². The molecular weight excluding hydrogens is 1540 g/mol. The largest absolute Gasteiger partial charge is 0.478 e. The number of hydrogen-bond acceptors (Lipinski definition) is 21. The van der Waals surface area contributed by atoms with Gasteiger partial charge in [-0.1, -0.05) is 164 Å². The summed E-state index contributed by atoms with van der Waals surface area (Å²) in [5.41, 5.74) is 30.0. The van der Waals surface area contributed by atoms with Crippen molar-refractivity contribution in [3.8, 4) is 11.3 Å².